The third-order valence-corrected chi connectivity index (χ3v) is 5.50. The van der Waals surface area contributed by atoms with Gasteiger partial charge in [-0.25, -0.2) is 0 Å². The van der Waals surface area contributed by atoms with Gasteiger partial charge < -0.3 is 14.4 Å². The maximum atomic E-state index is 12.7. The number of nitrogens with zero attached hydrogens (tertiary/aromatic N) is 7. The molecule has 0 spiro atoms. The Labute approximate surface area is 157 Å². The third-order valence-electron chi connectivity index (χ3n) is 5.50. The fraction of sp³-hybridized carbons (Fsp3) is 0.611. The van der Waals surface area contributed by atoms with E-state index in [1.54, 1.807) is 11.1 Å². The zero-order valence-corrected chi connectivity index (χ0v) is 15.6. The smallest absolute Gasteiger partial charge is 0.242 e. The van der Waals surface area contributed by atoms with E-state index >= 15 is 0 Å². The van der Waals surface area contributed by atoms with Gasteiger partial charge in [0.15, 0.2) is 5.82 Å². The second-order valence-electron chi connectivity index (χ2n) is 7.33. The summed E-state index contributed by atoms with van der Waals surface area (Å²) in [5.74, 6) is 2.05. The highest BCUT2D eigenvalue weighted by Gasteiger charge is 2.30. The van der Waals surface area contributed by atoms with Crippen molar-refractivity contribution in [3.63, 3.8) is 0 Å². The molecule has 2 amide bonds. The number of piperidine rings is 1. The van der Waals surface area contributed by atoms with Crippen LogP contribution in [0, 0.1) is 0 Å². The first-order valence-corrected chi connectivity index (χ1v) is 9.53. The number of likely N-dealkylation sites (tertiary alicyclic amines) is 2. The Kier molecular flexibility index (Phi) is 4.91. The molecule has 2 fully saturated rings. The number of amides is 2. The number of hydrogen-bond donors (Lipinski definition) is 0. The Morgan fingerprint density at radius 2 is 2.15 bits per heavy atom. The lowest BCUT2D eigenvalue weighted by Crippen LogP contribution is -2.45. The standard InChI is InChI=1S/C18H25N7O2/c1-22-15(12-25-10-4-7-19-25)20-21-18(22)14-5-2-8-23(11-14)17(27)13-24-9-3-6-16(24)26/h4,7,10,14H,2-3,5-6,8-9,11-13H2,1H3/t14-/m0/s1. The Morgan fingerprint density at radius 3 is 2.89 bits per heavy atom. The van der Waals surface area contributed by atoms with E-state index < -0.39 is 0 Å². The van der Waals surface area contributed by atoms with Crippen LogP contribution in [-0.4, -0.2) is 72.3 Å². The van der Waals surface area contributed by atoms with Gasteiger partial charge in [-0.1, -0.05) is 0 Å². The highest BCUT2D eigenvalue weighted by molar-refractivity contribution is 5.86. The molecule has 1 atom stereocenters. The SMILES string of the molecule is Cn1c(Cn2cccn2)nnc1[C@H]1CCCN(C(=O)CN2CCCC2=O)C1. The van der Waals surface area contributed by atoms with Crippen LogP contribution in [0.5, 0.6) is 0 Å². The summed E-state index contributed by atoms with van der Waals surface area (Å²) < 4.78 is 3.84. The minimum atomic E-state index is 0.0360. The van der Waals surface area contributed by atoms with Crippen molar-refractivity contribution in [2.45, 2.75) is 38.1 Å². The van der Waals surface area contributed by atoms with Crippen LogP contribution in [0.2, 0.25) is 0 Å². The van der Waals surface area contributed by atoms with Crippen LogP contribution in [0.15, 0.2) is 18.5 Å². The Morgan fingerprint density at radius 1 is 1.26 bits per heavy atom. The topological polar surface area (TPSA) is 89.2 Å². The summed E-state index contributed by atoms with van der Waals surface area (Å²) in [5, 5.41) is 12.9. The molecule has 9 nitrogen and oxygen atoms in total. The van der Waals surface area contributed by atoms with Crippen molar-refractivity contribution in [1.82, 2.24) is 34.3 Å². The van der Waals surface area contributed by atoms with Crippen LogP contribution in [0.25, 0.3) is 0 Å². The Hall–Kier alpha value is -2.71. The van der Waals surface area contributed by atoms with E-state index in [9.17, 15) is 9.59 Å². The fourth-order valence-electron chi connectivity index (χ4n) is 3.96. The van der Waals surface area contributed by atoms with E-state index in [-0.39, 0.29) is 24.3 Å². The van der Waals surface area contributed by atoms with Crippen molar-refractivity contribution in [1.29, 1.82) is 0 Å². The maximum absolute atomic E-state index is 12.7. The minimum Gasteiger partial charge on any atom is -0.340 e. The minimum absolute atomic E-state index is 0.0360. The summed E-state index contributed by atoms with van der Waals surface area (Å²) in [6.07, 6.45) is 6.98. The van der Waals surface area contributed by atoms with Gasteiger partial charge in [0.25, 0.3) is 0 Å². The van der Waals surface area contributed by atoms with Gasteiger partial charge in [-0.3, -0.25) is 14.3 Å². The molecule has 0 N–H and O–H groups in total. The predicted octanol–water partition coefficient (Wildman–Crippen LogP) is 0.388. The molecule has 2 aliphatic heterocycles. The van der Waals surface area contributed by atoms with E-state index in [0.717, 1.165) is 37.5 Å². The molecule has 9 heteroatoms. The van der Waals surface area contributed by atoms with Crippen LogP contribution in [0.4, 0.5) is 0 Å². The molecule has 2 aliphatic rings. The van der Waals surface area contributed by atoms with Crippen molar-refractivity contribution < 1.29 is 9.59 Å². The number of aromatic nitrogens is 5. The number of carbonyl (C=O) groups is 2. The van der Waals surface area contributed by atoms with Crippen LogP contribution in [0.1, 0.15) is 43.3 Å². The molecular formula is C18H25N7O2. The van der Waals surface area contributed by atoms with Crippen molar-refractivity contribution in [2.75, 3.05) is 26.2 Å². The van der Waals surface area contributed by atoms with E-state index in [1.165, 1.54) is 0 Å². The molecule has 0 saturated carbocycles. The number of carbonyl (C=O) groups excluding carboxylic acids is 2. The highest BCUT2D eigenvalue weighted by atomic mass is 16.2. The number of hydrogen-bond acceptors (Lipinski definition) is 5. The van der Waals surface area contributed by atoms with Gasteiger partial charge in [0, 0.05) is 51.4 Å². The Balaban J connectivity index is 1.41. The molecule has 0 bridgehead atoms. The van der Waals surface area contributed by atoms with E-state index in [1.807, 2.05) is 33.5 Å². The molecule has 27 heavy (non-hydrogen) atoms. The average Bonchev–Trinajstić information content (AvgIpc) is 3.40. The van der Waals surface area contributed by atoms with Gasteiger partial charge in [0.2, 0.25) is 11.8 Å². The van der Waals surface area contributed by atoms with Crippen molar-refractivity contribution >= 4 is 11.8 Å². The van der Waals surface area contributed by atoms with Crippen LogP contribution < -0.4 is 0 Å². The van der Waals surface area contributed by atoms with E-state index in [0.29, 0.717) is 26.1 Å². The zero-order chi connectivity index (χ0) is 18.8. The monoisotopic (exact) mass is 371 g/mol. The molecule has 0 unspecified atom stereocenters. The van der Waals surface area contributed by atoms with Gasteiger partial charge >= 0.3 is 0 Å². The first-order valence-electron chi connectivity index (χ1n) is 9.53. The highest BCUT2D eigenvalue weighted by Crippen LogP contribution is 2.26. The van der Waals surface area contributed by atoms with Crippen LogP contribution in [-0.2, 0) is 23.2 Å². The summed E-state index contributed by atoms with van der Waals surface area (Å²) in [5.41, 5.74) is 0. The first-order chi connectivity index (χ1) is 13.1. The lowest BCUT2D eigenvalue weighted by Gasteiger charge is -2.33. The summed E-state index contributed by atoms with van der Waals surface area (Å²) in [6.45, 7) is 2.85. The van der Waals surface area contributed by atoms with Gasteiger partial charge in [-0.05, 0) is 25.3 Å². The lowest BCUT2D eigenvalue weighted by molar-refractivity contribution is -0.139. The Bertz CT molecular complexity index is 814. The molecule has 144 valence electrons. The molecule has 2 aromatic rings. The molecule has 4 heterocycles. The van der Waals surface area contributed by atoms with Crippen LogP contribution in [0.3, 0.4) is 0 Å². The lowest BCUT2D eigenvalue weighted by atomic mass is 9.97. The molecule has 0 aromatic carbocycles. The quantitative estimate of drug-likeness (QED) is 0.758. The van der Waals surface area contributed by atoms with E-state index in [2.05, 4.69) is 15.3 Å². The fourth-order valence-corrected chi connectivity index (χ4v) is 3.96. The average molecular weight is 371 g/mol. The van der Waals surface area contributed by atoms with Crippen molar-refractivity contribution in [3.05, 3.63) is 30.1 Å². The second-order valence-corrected chi connectivity index (χ2v) is 7.33. The van der Waals surface area contributed by atoms with Crippen molar-refractivity contribution in [3.8, 4) is 0 Å². The molecule has 0 radical (unpaired) electrons. The largest absolute Gasteiger partial charge is 0.340 e. The van der Waals surface area contributed by atoms with Crippen LogP contribution >= 0.6 is 0 Å². The maximum Gasteiger partial charge on any atom is 0.242 e. The molecule has 2 aromatic heterocycles. The van der Waals surface area contributed by atoms with E-state index in [4.69, 9.17) is 0 Å². The van der Waals surface area contributed by atoms with Crippen molar-refractivity contribution in [2.24, 2.45) is 7.05 Å². The molecule has 2 saturated heterocycles. The third kappa shape index (κ3) is 3.72. The molecule has 4 rings (SSSR count). The zero-order valence-electron chi connectivity index (χ0n) is 15.6. The first kappa shape index (κ1) is 17.7. The summed E-state index contributed by atoms with van der Waals surface area (Å²) in [6, 6.07) is 1.88. The normalized spacial score (nSPS) is 20.5. The molecule has 0 aliphatic carbocycles. The van der Waals surface area contributed by atoms with Gasteiger partial charge in [0.05, 0.1) is 6.54 Å². The predicted molar refractivity (Wildman–Crippen MR) is 96.7 cm³/mol. The summed E-state index contributed by atoms with van der Waals surface area (Å²) in [7, 11) is 1.97. The van der Waals surface area contributed by atoms with Gasteiger partial charge in [-0.15, -0.1) is 10.2 Å². The van der Waals surface area contributed by atoms with Gasteiger partial charge in [0.1, 0.15) is 12.4 Å². The van der Waals surface area contributed by atoms with Gasteiger partial charge in [-0.2, -0.15) is 5.10 Å². The second kappa shape index (κ2) is 7.50. The molecular weight excluding hydrogens is 346 g/mol. The summed E-state index contributed by atoms with van der Waals surface area (Å²) in [4.78, 5) is 28.0. The number of rotatable bonds is 5. The summed E-state index contributed by atoms with van der Waals surface area (Å²) >= 11 is 0.